The van der Waals surface area contributed by atoms with Crippen LogP contribution in [0.2, 0.25) is 0 Å². The van der Waals surface area contributed by atoms with Crippen molar-refractivity contribution in [3.8, 4) is 5.75 Å². The number of benzene rings is 2. The maximum atomic E-state index is 12.6. The zero-order chi connectivity index (χ0) is 19.1. The van der Waals surface area contributed by atoms with Crippen molar-refractivity contribution >= 4 is 15.7 Å². The van der Waals surface area contributed by atoms with Gasteiger partial charge in [0.2, 0.25) is 0 Å². The Balaban J connectivity index is 1.63. The van der Waals surface area contributed by atoms with Gasteiger partial charge in [0.15, 0.2) is 0 Å². The van der Waals surface area contributed by atoms with Gasteiger partial charge in [0.25, 0.3) is 10.0 Å². The lowest BCUT2D eigenvalue weighted by Crippen LogP contribution is -2.13. The fourth-order valence-corrected chi connectivity index (χ4v) is 3.64. The molecule has 0 aliphatic carbocycles. The number of rotatable bonds is 9. The van der Waals surface area contributed by atoms with Gasteiger partial charge >= 0.3 is 0 Å². The molecule has 3 rings (SSSR count). The quantitative estimate of drug-likeness (QED) is 0.611. The molecule has 3 aromatic rings. The summed E-state index contributed by atoms with van der Waals surface area (Å²) in [5.74, 6) is 0.577. The summed E-state index contributed by atoms with van der Waals surface area (Å²) in [6, 6.07) is 13.8. The van der Waals surface area contributed by atoms with Crippen molar-refractivity contribution in [2.75, 3.05) is 11.3 Å². The Labute approximate surface area is 159 Å². The molecule has 0 spiro atoms. The minimum Gasteiger partial charge on any atom is -0.492 e. The minimum atomic E-state index is -3.65. The third-order valence-corrected chi connectivity index (χ3v) is 5.31. The van der Waals surface area contributed by atoms with Crippen molar-refractivity contribution in [3.05, 3.63) is 66.7 Å². The van der Waals surface area contributed by atoms with Gasteiger partial charge in [-0.3, -0.25) is 4.72 Å². The number of anilines is 1. The fraction of sp³-hybridized carbons (Fsp3) is 0.263. The van der Waals surface area contributed by atoms with Crippen molar-refractivity contribution in [1.29, 1.82) is 0 Å². The highest BCUT2D eigenvalue weighted by Crippen LogP contribution is 2.21. The lowest BCUT2D eigenvalue weighted by atomic mass is 10.1. The van der Waals surface area contributed by atoms with Gasteiger partial charge in [0, 0.05) is 6.07 Å². The Morgan fingerprint density at radius 2 is 1.96 bits per heavy atom. The Kier molecular flexibility index (Phi) is 6.08. The summed E-state index contributed by atoms with van der Waals surface area (Å²) in [4.78, 5) is 4.10. The van der Waals surface area contributed by atoms with Crippen molar-refractivity contribution < 1.29 is 13.2 Å². The molecule has 0 saturated carbocycles. The van der Waals surface area contributed by atoms with Crippen molar-refractivity contribution in [2.24, 2.45) is 0 Å². The number of hydrogen-bond donors (Lipinski definition) is 1. The number of hydrogen-bond acceptors (Lipinski definition) is 5. The Hall–Kier alpha value is -2.87. The molecule has 142 valence electrons. The van der Waals surface area contributed by atoms with Gasteiger partial charge in [-0.2, -0.15) is 5.10 Å². The molecule has 0 amide bonds. The van der Waals surface area contributed by atoms with Crippen molar-refractivity contribution in [1.82, 2.24) is 14.8 Å². The van der Waals surface area contributed by atoms with Crippen LogP contribution in [0.25, 0.3) is 0 Å². The van der Waals surface area contributed by atoms with Crippen LogP contribution in [0, 0.1) is 0 Å². The molecule has 1 heterocycles. The monoisotopic (exact) mass is 386 g/mol. The second kappa shape index (κ2) is 8.68. The standard InChI is InChI=1S/C19H22N4O3S/c1-2-4-16-7-9-19(10-8-16)27(24,25)22-17-5-3-6-18(13-17)26-12-11-23-15-20-14-21-23/h3,5-10,13-15,22H,2,4,11-12H2,1H3. The summed E-state index contributed by atoms with van der Waals surface area (Å²) < 4.78 is 35.1. The highest BCUT2D eigenvalue weighted by atomic mass is 32.2. The predicted molar refractivity (Wildman–Crippen MR) is 103 cm³/mol. The van der Waals surface area contributed by atoms with Gasteiger partial charge in [-0.15, -0.1) is 0 Å². The number of aromatic nitrogens is 3. The van der Waals surface area contributed by atoms with Crippen LogP contribution >= 0.6 is 0 Å². The Bertz CT molecular complexity index is 955. The summed E-state index contributed by atoms with van der Waals surface area (Å²) >= 11 is 0. The smallest absolute Gasteiger partial charge is 0.261 e. The number of nitrogens with one attached hydrogen (secondary N) is 1. The SMILES string of the molecule is CCCc1ccc(S(=O)(=O)Nc2cccc(OCCn3cncn3)c2)cc1. The van der Waals surface area contributed by atoms with Crippen LogP contribution < -0.4 is 9.46 Å². The number of aryl methyl sites for hydroxylation is 1. The summed E-state index contributed by atoms with van der Waals surface area (Å²) in [7, 11) is -3.65. The van der Waals surface area contributed by atoms with E-state index in [-0.39, 0.29) is 4.90 Å². The van der Waals surface area contributed by atoms with E-state index in [2.05, 4.69) is 21.7 Å². The van der Waals surface area contributed by atoms with Gasteiger partial charge in [0.05, 0.1) is 17.1 Å². The summed E-state index contributed by atoms with van der Waals surface area (Å²) in [5, 5.41) is 4.00. The van der Waals surface area contributed by atoms with Crippen LogP contribution in [-0.2, 0) is 23.0 Å². The lowest BCUT2D eigenvalue weighted by Gasteiger charge is -2.11. The molecule has 1 aromatic heterocycles. The van der Waals surface area contributed by atoms with Gasteiger partial charge in [-0.05, 0) is 36.2 Å². The van der Waals surface area contributed by atoms with E-state index in [1.54, 1.807) is 47.4 Å². The van der Waals surface area contributed by atoms with E-state index in [1.807, 2.05) is 12.1 Å². The van der Waals surface area contributed by atoms with E-state index < -0.39 is 10.0 Å². The highest BCUT2D eigenvalue weighted by molar-refractivity contribution is 7.92. The molecule has 1 N–H and O–H groups in total. The molecule has 0 radical (unpaired) electrons. The zero-order valence-electron chi connectivity index (χ0n) is 15.1. The third-order valence-electron chi connectivity index (χ3n) is 3.91. The first kappa shape index (κ1) is 18.9. The van der Waals surface area contributed by atoms with Crippen molar-refractivity contribution in [3.63, 3.8) is 0 Å². The maximum absolute atomic E-state index is 12.6. The van der Waals surface area contributed by atoms with E-state index in [0.717, 1.165) is 18.4 Å². The number of sulfonamides is 1. The Morgan fingerprint density at radius 1 is 1.15 bits per heavy atom. The maximum Gasteiger partial charge on any atom is 0.261 e. The van der Waals surface area contributed by atoms with E-state index in [1.165, 1.54) is 6.33 Å². The first-order valence-corrected chi connectivity index (χ1v) is 10.2. The molecule has 27 heavy (non-hydrogen) atoms. The molecular weight excluding hydrogens is 364 g/mol. The average Bonchev–Trinajstić information content (AvgIpc) is 3.16. The average molecular weight is 386 g/mol. The van der Waals surface area contributed by atoms with E-state index >= 15 is 0 Å². The second-order valence-corrected chi connectivity index (χ2v) is 7.72. The predicted octanol–water partition coefficient (Wildman–Crippen LogP) is 3.11. The second-order valence-electron chi connectivity index (χ2n) is 6.03. The van der Waals surface area contributed by atoms with Crippen LogP contribution in [0.3, 0.4) is 0 Å². The number of ether oxygens (including phenoxy) is 1. The van der Waals surface area contributed by atoms with Crippen LogP contribution in [-0.4, -0.2) is 29.8 Å². The topological polar surface area (TPSA) is 86.1 Å². The van der Waals surface area contributed by atoms with Crippen LogP contribution in [0.1, 0.15) is 18.9 Å². The molecule has 2 aromatic carbocycles. The molecule has 0 atom stereocenters. The first-order valence-electron chi connectivity index (χ1n) is 8.74. The highest BCUT2D eigenvalue weighted by Gasteiger charge is 2.14. The summed E-state index contributed by atoms with van der Waals surface area (Å²) in [6.07, 6.45) is 5.03. The normalized spacial score (nSPS) is 11.3. The van der Waals surface area contributed by atoms with E-state index in [4.69, 9.17) is 4.74 Å². The molecule has 0 saturated heterocycles. The molecule has 0 aliphatic rings. The van der Waals surface area contributed by atoms with Gasteiger partial charge in [-0.1, -0.05) is 31.5 Å². The van der Waals surface area contributed by atoms with Gasteiger partial charge < -0.3 is 4.74 Å². The van der Waals surface area contributed by atoms with E-state index in [9.17, 15) is 8.42 Å². The van der Waals surface area contributed by atoms with Crippen LogP contribution in [0.5, 0.6) is 5.75 Å². The molecule has 0 fully saturated rings. The van der Waals surface area contributed by atoms with Gasteiger partial charge in [-0.25, -0.2) is 18.1 Å². The molecule has 0 aliphatic heterocycles. The lowest BCUT2D eigenvalue weighted by molar-refractivity contribution is 0.291. The zero-order valence-corrected chi connectivity index (χ0v) is 15.9. The summed E-state index contributed by atoms with van der Waals surface area (Å²) in [5.41, 5.74) is 1.57. The molecule has 0 bridgehead atoms. The van der Waals surface area contributed by atoms with Crippen molar-refractivity contribution in [2.45, 2.75) is 31.2 Å². The molecule has 8 heteroatoms. The molecular formula is C19H22N4O3S. The summed E-state index contributed by atoms with van der Waals surface area (Å²) in [6.45, 7) is 3.05. The third kappa shape index (κ3) is 5.30. The minimum absolute atomic E-state index is 0.236. The van der Waals surface area contributed by atoms with Gasteiger partial charge in [0.1, 0.15) is 25.0 Å². The van der Waals surface area contributed by atoms with Crippen LogP contribution in [0.4, 0.5) is 5.69 Å². The Morgan fingerprint density at radius 3 is 2.67 bits per heavy atom. The van der Waals surface area contributed by atoms with E-state index in [0.29, 0.717) is 24.6 Å². The largest absolute Gasteiger partial charge is 0.492 e. The first-order chi connectivity index (χ1) is 13.1. The number of nitrogens with zero attached hydrogens (tertiary/aromatic N) is 3. The molecule has 0 unspecified atom stereocenters. The molecule has 7 nitrogen and oxygen atoms in total. The van der Waals surface area contributed by atoms with Crippen LogP contribution in [0.15, 0.2) is 66.1 Å². The fourth-order valence-electron chi connectivity index (χ4n) is 2.59.